The van der Waals surface area contributed by atoms with Gasteiger partial charge in [-0.1, -0.05) is 56.0 Å². The highest BCUT2D eigenvalue weighted by Crippen LogP contribution is 2.33. The Bertz CT molecular complexity index is 734. The number of nitrogens with zero attached hydrogens (tertiary/aromatic N) is 1. The summed E-state index contributed by atoms with van der Waals surface area (Å²) in [7, 11) is 0. The lowest BCUT2D eigenvalue weighted by Gasteiger charge is -2.37. The number of rotatable bonds is 8. The molecule has 164 valence electrons. The monoisotopic (exact) mass is 418 g/mol. The van der Waals surface area contributed by atoms with Crippen LogP contribution in [0.5, 0.6) is 0 Å². The summed E-state index contributed by atoms with van der Waals surface area (Å²) in [6.07, 6.45) is 5.01. The van der Waals surface area contributed by atoms with E-state index in [-0.39, 0.29) is 38.4 Å². The maximum Gasteiger partial charge on any atom is 0.426 e. The molecule has 2 fully saturated rings. The van der Waals surface area contributed by atoms with Crippen molar-refractivity contribution in [2.75, 3.05) is 6.61 Å². The van der Waals surface area contributed by atoms with Crippen molar-refractivity contribution < 1.29 is 28.6 Å². The van der Waals surface area contributed by atoms with E-state index in [9.17, 15) is 14.4 Å². The van der Waals surface area contributed by atoms with Crippen LogP contribution in [0.25, 0.3) is 0 Å². The van der Waals surface area contributed by atoms with Gasteiger partial charge >= 0.3 is 18.0 Å². The fraction of sp³-hybridized carbons (Fsp3) is 0.591. The molecule has 8 heteroatoms. The predicted molar refractivity (Wildman–Crippen MR) is 107 cm³/mol. The molecule has 1 heterocycles. The van der Waals surface area contributed by atoms with Crippen molar-refractivity contribution in [3.63, 3.8) is 0 Å². The van der Waals surface area contributed by atoms with Crippen molar-refractivity contribution >= 4 is 18.0 Å². The van der Waals surface area contributed by atoms with Gasteiger partial charge in [0, 0.05) is 12.8 Å². The lowest BCUT2D eigenvalue weighted by Crippen LogP contribution is -2.61. The summed E-state index contributed by atoms with van der Waals surface area (Å²) in [5.41, 5.74) is 3.29. The number of carbonyl (C=O) groups excluding carboxylic acids is 3. The number of hydrazine groups is 1. The van der Waals surface area contributed by atoms with E-state index in [2.05, 4.69) is 5.43 Å². The Morgan fingerprint density at radius 1 is 1.23 bits per heavy atom. The van der Waals surface area contributed by atoms with Gasteiger partial charge in [0.15, 0.2) is 0 Å². The average molecular weight is 418 g/mol. The molecule has 2 aliphatic rings. The molecule has 3 rings (SSSR count). The van der Waals surface area contributed by atoms with Crippen molar-refractivity contribution in [1.82, 2.24) is 10.4 Å². The second-order valence-electron chi connectivity index (χ2n) is 7.71. The molecule has 0 radical (unpaired) electrons. The van der Waals surface area contributed by atoms with Crippen LogP contribution in [0.4, 0.5) is 4.79 Å². The smallest absolute Gasteiger partial charge is 0.426 e. The SMILES string of the molecule is CCO[C@]1(N(NC(=O)OCc2ccccc2)C(=O)CCC2CCCC2)CCC(=O)O1. The summed E-state index contributed by atoms with van der Waals surface area (Å²) in [5, 5.41) is 1.02. The third kappa shape index (κ3) is 5.72. The quantitative estimate of drug-likeness (QED) is 0.393. The number of cyclic esters (lactones) is 1. The van der Waals surface area contributed by atoms with Gasteiger partial charge in [-0.05, 0) is 24.8 Å². The molecule has 2 amide bonds. The highest BCUT2D eigenvalue weighted by atomic mass is 16.7. The highest BCUT2D eigenvalue weighted by Gasteiger charge is 2.50. The minimum Gasteiger partial charge on any atom is -0.443 e. The van der Waals surface area contributed by atoms with E-state index in [1.165, 1.54) is 12.8 Å². The number of benzene rings is 1. The molecule has 1 aromatic carbocycles. The average Bonchev–Trinajstić information content (AvgIpc) is 3.40. The summed E-state index contributed by atoms with van der Waals surface area (Å²) in [6, 6.07) is 9.22. The van der Waals surface area contributed by atoms with Crippen LogP contribution < -0.4 is 5.43 Å². The van der Waals surface area contributed by atoms with Crippen LogP contribution >= 0.6 is 0 Å². The first-order valence-electron chi connectivity index (χ1n) is 10.7. The Hall–Kier alpha value is -2.61. The maximum atomic E-state index is 13.1. The molecular weight excluding hydrogens is 388 g/mol. The van der Waals surface area contributed by atoms with Gasteiger partial charge in [-0.2, -0.15) is 5.01 Å². The fourth-order valence-corrected chi connectivity index (χ4v) is 4.01. The lowest BCUT2D eigenvalue weighted by molar-refractivity contribution is -0.286. The van der Waals surface area contributed by atoms with Crippen LogP contribution in [0.15, 0.2) is 30.3 Å². The van der Waals surface area contributed by atoms with Gasteiger partial charge in [-0.15, -0.1) is 0 Å². The third-order valence-corrected chi connectivity index (χ3v) is 5.54. The van der Waals surface area contributed by atoms with Crippen LogP contribution in [-0.2, 0) is 30.4 Å². The van der Waals surface area contributed by atoms with E-state index in [0.29, 0.717) is 5.92 Å². The zero-order valence-corrected chi connectivity index (χ0v) is 17.4. The van der Waals surface area contributed by atoms with Crippen molar-refractivity contribution in [2.24, 2.45) is 5.92 Å². The van der Waals surface area contributed by atoms with Crippen LogP contribution in [0.1, 0.15) is 63.9 Å². The summed E-state index contributed by atoms with van der Waals surface area (Å²) >= 11 is 0. The first-order chi connectivity index (χ1) is 14.5. The predicted octanol–water partition coefficient (Wildman–Crippen LogP) is 3.65. The minimum atomic E-state index is -1.63. The molecule has 8 nitrogen and oxygen atoms in total. The Morgan fingerprint density at radius 2 is 1.97 bits per heavy atom. The number of esters is 1. The molecule has 1 saturated carbocycles. The first-order valence-corrected chi connectivity index (χ1v) is 10.7. The molecule has 1 aliphatic carbocycles. The van der Waals surface area contributed by atoms with Gasteiger partial charge in [0.1, 0.15) is 6.61 Å². The summed E-state index contributed by atoms with van der Waals surface area (Å²) < 4.78 is 16.3. The number of carbonyl (C=O) groups is 3. The van der Waals surface area contributed by atoms with Gasteiger partial charge in [0.05, 0.1) is 13.0 Å². The summed E-state index contributed by atoms with van der Waals surface area (Å²) in [5.74, 6) is -1.96. The van der Waals surface area contributed by atoms with Crippen molar-refractivity contribution in [3.05, 3.63) is 35.9 Å². The largest absolute Gasteiger partial charge is 0.443 e. The number of hydrogen-bond donors (Lipinski definition) is 1. The molecule has 0 spiro atoms. The Balaban J connectivity index is 1.68. The number of hydrogen-bond acceptors (Lipinski definition) is 6. The van der Waals surface area contributed by atoms with Gasteiger partial charge in [0.25, 0.3) is 0 Å². The Kier molecular flexibility index (Phi) is 7.68. The van der Waals surface area contributed by atoms with Crippen LogP contribution in [0, 0.1) is 5.92 Å². The molecule has 0 bridgehead atoms. The molecule has 1 aromatic rings. The topological polar surface area (TPSA) is 94.2 Å². The fourth-order valence-electron chi connectivity index (χ4n) is 4.01. The van der Waals surface area contributed by atoms with Gasteiger partial charge < -0.3 is 14.2 Å². The number of amides is 2. The van der Waals surface area contributed by atoms with E-state index in [1.54, 1.807) is 6.92 Å². The minimum absolute atomic E-state index is 0.0538. The van der Waals surface area contributed by atoms with E-state index < -0.39 is 18.0 Å². The van der Waals surface area contributed by atoms with Crippen molar-refractivity contribution in [3.8, 4) is 0 Å². The van der Waals surface area contributed by atoms with Crippen LogP contribution in [-0.4, -0.2) is 35.5 Å². The summed E-state index contributed by atoms with van der Waals surface area (Å²) in [4.78, 5) is 37.4. The van der Waals surface area contributed by atoms with Gasteiger partial charge in [-0.3, -0.25) is 9.59 Å². The molecule has 1 N–H and O–H groups in total. The maximum absolute atomic E-state index is 13.1. The molecule has 0 unspecified atom stereocenters. The zero-order valence-electron chi connectivity index (χ0n) is 17.4. The normalized spacial score (nSPS) is 21.3. The zero-order chi connectivity index (χ0) is 21.4. The molecule has 0 aromatic heterocycles. The highest BCUT2D eigenvalue weighted by molar-refractivity contribution is 5.81. The van der Waals surface area contributed by atoms with Crippen LogP contribution in [0.3, 0.4) is 0 Å². The molecule has 1 saturated heterocycles. The first kappa shape index (κ1) is 22.1. The standard InChI is InChI=1S/C22H30N2O6/c1-2-29-22(15-14-20(26)30-22)24(19(25)13-12-17-8-6-7-9-17)23-21(27)28-16-18-10-4-3-5-11-18/h3-5,10-11,17H,2,6-9,12-16H2,1H3,(H,23,27)/t22-/m1/s1. The molecule has 1 atom stereocenters. The second-order valence-corrected chi connectivity index (χ2v) is 7.71. The van der Waals surface area contributed by atoms with Crippen molar-refractivity contribution in [1.29, 1.82) is 0 Å². The third-order valence-electron chi connectivity index (χ3n) is 5.54. The summed E-state index contributed by atoms with van der Waals surface area (Å²) in [6.45, 7) is 2.00. The Labute approximate surface area is 176 Å². The van der Waals surface area contributed by atoms with Gasteiger partial charge in [0.2, 0.25) is 5.91 Å². The van der Waals surface area contributed by atoms with Crippen molar-refractivity contribution in [2.45, 2.75) is 70.8 Å². The van der Waals surface area contributed by atoms with E-state index in [4.69, 9.17) is 14.2 Å². The van der Waals surface area contributed by atoms with Gasteiger partial charge in [-0.25, -0.2) is 10.2 Å². The van der Waals surface area contributed by atoms with E-state index >= 15 is 0 Å². The number of ether oxygens (including phenoxy) is 3. The van der Waals surface area contributed by atoms with Crippen LogP contribution in [0.2, 0.25) is 0 Å². The Morgan fingerprint density at radius 3 is 2.60 bits per heavy atom. The van der Waals surface area contributed by atoms with E-state index in [0.717, 1.165) is 29.8 Å². The van der Waals surface area contributed by atoms with E-state index in [1.807, 2.05) is 30.3 Å². The number of nitrogens with one attached hydrogen (secondary N) is 1. The molecule has 30 heavy (non-hydrogen) atoms. The molecular formula is C22H30N2O6. The molecule has 1 aliphatic heterocycles. The second kappa shape index (κ2) is 10.4. The lowest BCUT2D eigenvalue weighted by atomic mass is 10.0.